The average molecular weight is 583 g/mol. The van der Waals surface area contributed by atoms with Gasteiger partial charge in [-0.2, -0.15) is 18.2 Å². The Bertz CT molecular complexity index is 1590. The fourth-order valence-electron chi connectivity index (χ4n) is 4.77. The molecule has 0 radical (unpaired) electrons. The van der Waals surface area contributed by atoms with Crippen molar-refractivity contribution in [1.82, 2.24) is 19.9 Å². The largest absolute Gasteiger partial charge is 0.416 e. The van der Waals surface area contributed by atoms with Gasteiger partial charge in [-0.25, -0.2) is 4.79 Å². The summed E-state index contributed by atoms with van der Waals surface area (Å²) in [5.74, 6) is 0.0750. The van der Waals surface area contributed by atoms with Gasteiger partial charge in [0.25, 0.3) is 0 Å². The topological polar surface area (TPSA) is 153 Å². The molecule has 0 amide bonds. The lowest BCUT2D eigenvalue weighted by Gasteiger charge is -2.15. The number of benzene rings is 2. The molecule has 2 atom stereocenters. The van der Waals surface area contributed by atoms with Crippen LogP contribution in [0.3, 0.4) is 0 Å². The van der Waals surface area contributed by atoms with Crippen molar-refractivity contribution in [2.24, 2.45) is 22.2 Å². The summed E-state index contributed by atoms with van der Waals surface area (Å²) in [6.07, 6.45) is -0.194. The van der Waals surface area contributed by atoms with Crippen LogP contribution in [0.25, 0.3) is 28.0 Å². The number of alkyl halides is 3. The zero-order chi connectivity index (χ0) is 30.4. The van der Waals surface area contributed by atoms with Gasteiger partial charge in [-0.15, -0.1) is 0 Å². The van der Waals surface area contributed by atoms with Crippen molar-refractivity contribution in [1.29, 1.82) is 0 Å². The summed E-state index contributed by atoms with van der Waals surface area (Å²) < 4.78 is 42.5. The normalized spacial score (nSPS) is 13.3. The number of aliphatic imine (C=N–C) groups is 1. The van der Waals surface area contributed by atoms with Crippen LogP contribution in [-0.2, 0) is 12.6 Å². The smallest absolute Gasteiger partial charge is 0.370 e. The van der Waals surface area contributed by atoms with Crippen molar-refractivity contribution >= 4 is 17.0 Å². The molecule has 0 saturated heterocycles. The van der Waals surface area contributed by atoms with Crippen LogP contribution in [-0.4, -0.2) is 39.6 Å². The molecule has 0 aliphatic carbocycles. The predicted molar refractivity (Wildman–Crippen MR) is 160 cm³/mol. The lowest BCUT2D eigenvalue weighted by molar-refractivity contribution is -0.137. The van der Waals surface area contributed by atoms with E-state index in [4.69, 9.17) is 17.2 Å². The van der Waals surface area contributed by atoms with Crippen molar-refractivity contribution < 1.29 is 13.2 Å². The molecule has 0 fully saturated rings. The van der Waals surface area contributed by atoms with Crippen molar-refractivity contribution in [2.75, 3.05) is 13.1 Å². The number of nitrogens with two attached hydrogens (primary N) is 3. The molecule has 0 bridgehead atoms. The summed E-state index contributed by atoms with van der Waals surface area (Å²) in [4.78, 5) is 24.0. The molecule has 0 aliphatic rings. The summed E-state index contributed by atoms with van der Waals surface area (Å²) in [5.41, 5.74) is 18.6. The van der Waals surface area contributed by atoms with Gasteiger partial charge in [0.2, 0.25) is 0 Å². The lowest BCUT2D eigenvalue weighted by Crippen LogP contribution is -2.24. The van der Waals surface area contributed by atoms with E-state index in [-0.39, 0.29) is 18.0 Å². The lowest BCUT2D eigenvalue weighted by atomic mass is 9.99. The molecule has 8 N–H and O–H groups in total. The first-order chi connectivity index (χ1) is 19.9. The number of nitrogens with one attached hydrogen (secondary N) is 2. The van der Waals surface area contributed by atoms with Crippen LogP contribution in [0.15, 0.2) is 64.5 Å². The van der Waals surface area contributed by atoms with Crippen LogP contribution in [0.1, 0.15) is 55.8 Å². The maximum atomic E-state index is 13.7. The number of guanidine groups is 1. The Balaban J connectivity index is 1.56. The summed E-state index contributed by atoms with van der Waals surface area (Å²) in [6, 6.07) is 13.3. The van der Waals surface area contributed by atoms with Gasteiger partial charge in [0, 0.05) is 35.9 Å². The molecule has 0 unspecified atom stereocenters. The SMILES string of the molecule is C[C@H](N)CCCc1cc(-c2cc3cn(-c4ccc([C@H](C)NCCCN=C(N)N)cc4)c(=O)nc3[nH]2)cc(C(F)(F)F)c1. The molecule has 2 heterocycles. The number of hydrogen-bond acceptors (Lipinski definition) is 5. The highest BCUT2D eigenvalue weighted by Crippen LogP contribution is 2.34. The molecule has 42 heavy (non-hydrogen) atoms. The van der Waals surface area contributed by atoms with E-state index in [9.17, 15) is 18.0 Å². The Morgan fingerprint density at radius 2 is 1.83 bits per heavy atom. The molecule has 0 spiro atoms. The Kier molecular flexibility index (Phi) is 9.69. The third kappa shape index (κ3) is 7.98. The maximum Gasteiger partial charge on any atom is 0.416 e. The van der Waals surface area contributed by atoms with Gasteiger partial charge >= 0.3 is 11.9 Å². The van der Waals surface area contributed by atoms with E-state index < -0.39 is 17.4 Å². The highest BCUT2D eigenvalue weighted by atomic mass is 19.4. The number of aryl methyl sites for hydroxylation is 1. The van der Waals surface area contributed by atoms with Crippen LogP contribution in [0.5, 0.6) is 0 Å². The quantitative estimate of drug-likeness (QED) is 0.0949. The number of rotatable bonds is 12. The first-order valence-electron chi connectivity index (χ1n) is 13.9. The van der Waals surface area contributed by atoms with Crippen molar-refractivity contribution in [3.8, 4) is 16.9 Å². The molecule has 2 aromatic carbocycles. The van der Waals surface area contributed by atoms with Crippen LogP contribution < -0.4 is 28.2 Å². The Labute approximate surface area is 242 Å². The van der Waals surface area contributed by atoms with Gasteiger partial charge in [-0.3, -0.25) is 9.56 Å². The standard InChI is InChI=1S/C30H37F3N8O/c1-18(34)5-3-6-20-13-22(15-24(14-20)30(31,32)33)26-16-23-17-41(29(42)40-27(23)39-26)25-9-7-21(8-10-25)19(2)37-11-4-12-38-28(35)36/h7-10,13-19,37H,3-6,11-12,34H2,1-2H3,(H4,35,36,38)(H,39,40,42)/t18-,19-/m0/s1. The predicted octanol–water partition coefficient (Wildman–Crippen LogP) is 4.38. The van der Waals surface area contributed by atoms with Gasteiger partial charge in [-0.1, -0.05) is 12.1 Å². The van der Waals surface area contributed by atoms with Crippen LogP contribution >= 0.6 is 0 Å². The van der Waals surface area contributed by atoms with E-state index >= 15 is 0 Å². The van der Waals surface area contributed by atoms with Gasteiger partial charge in [-0.05, 0) is 99.2 Å². The van der Waals surface area contributed by atoms with Crippen molar-refractivity contribution in [2.45, 2.75) is 57.8 Å². The van der Waals surface area contributed by atoms with E-state index in [1.807, 2.05) is 38.1 Å². The van der Waals surface area contributed by atoms with Gasteiger partial charge in [0.15, 0.2) is 5.96 Å². The molecule has 9 nitrogen and oxygen atoms in total. The van der Waals surface area contributed by atoms with Crippen molar-refractivity contribution in [3.63, 3.8) is 0 Å². The van der Waals surface area contributed by atoms with E-state index in [1.54, 1.807) is 18.3 Å². The van der Waals surface area contributed by atoms with Crippen LogP contribution in [0.2, 0.25) is 0 Å². The highest BCUT2D eigenvalue weighted by Gasteiger charge is 2.31. The fraction of sp³-hybridized carbons (Fsp3) is 0.367. The van der Waals surface area contributed by atoms with Crippen LogP contribution in [0, 0.1) is 0 Å². The van der Waals surface area contributed by atoms with Crippen molar-refractivity contribution in [3.05, 3.63) is 81.9 Å². The second-order valence-electron chi connectivity index (χ2n) is 10.6. The number of halogens is 3. The Hall–Kier alpha value is -4.16. The Morgan fingerprint density at radius 3 is 2.50 bits per heavy atom. The van der Waals surface area contributed by atoms with Gasteiger partial charge in [0.05, 0.1) is 11.3 Å². The third-order valence-corrected chi connectivity index (χ3v) is 7.02. The summed E-state index contributed by atoms with van der Waals surface area (Å²) in [7, 11) is 0. The first kappa shape index (κ1) is 30.8. The molecular formula is C30H37F3N8O. The fourth-order valence-corrected chi connectivity index (χ4v) is 4.77. The van der Waals surface area contributed by atoms with E-state index in [2.05, 4.69) is 20.3 Å². The average Bonchev–Trinajstić information content (AvgIpc) is 3.34. The highest BCUT2D eigenvalue weighted by molar-refractivity contribution is 5.82. The Morgan fingerprint density at radius 1 is 1.10 bits per heavy atom. The summed E-state index contributed by atoms with van der Waals surface area (Å²) in [6.45, 7) is 5.19. The molecule has 224 valence electrons. The minimum Gasteiger partial charge on any atom is -0.370 e. The number of aromatic amines is 1. The minimum absolute atomic E-state index is 0.0211. The number of fused-ring (bicyclic) bond motifs is 1. The zero-order valence-corrected chi connectivity index (χ0v) is 23.7. The number of H-pyrrole nitrogens is 1. The third-order valence-electron chi connectivity index (χ3n) is 7.02. The molecule has 12 heteroatoms. The second-order valence-corrected chi connectivity index (χ2v) is 10.6. The second kappa shape index (κ2) is 13.2. The van der Waals surface area contributed by atoms with Gasteiger partial charge in [0.1, 0.15) is 5.65 Å². The number of nitrogens with zero attached hydrogens (tertiary/aromatic N) is 3. The summed E-state index contributed by atoms with van der Waals surface area (Å²) >= 11 is 0. The molecule has 0 aliphatic heterocycles. The molecule has 0 saturated carbocycles. The monoisotopic (exact) mass is 582 g/mol. The molecule has 2 aromatic heterocycles. The molecular weight excluding hydrogens is 545 g/mol. The van der Waals surface area contributed by atoms with E-state index in [0.29, 0.717) is 59.3 Å². The zero-order valence-electron chi connectivity index (χ0n) is 23.7. The molecule has 4 aromatic rings. The van der Waals surface area contributed by atoms with E-state index in [1.165, 1.54) is 10.6 Å². The number of hydrogen-bond donors (Lipinski definition) is 5. The maximum absolute atomic E-state index is 13.7. The first-order valence-corrected chi connectivity index (χ1v) is 13.9. The molecule has 4 rings (SSSR count). The minimum atomic E-state index is -4.49. The summed E-state index contributed by atoms with van der Waals surface area (Å²) in [5, 5.41) is 4.00. The van der Waals surface area contributed by atoms with Crippen LogP contribution in [0.4, 0.5) is 13.2 Å². The van der Waals surface area contributed by atoms with E-state index in [0.717, 1.165) is 24.6 Å². The number of aromatic nitrogens is 3. The van der Waals surface area contributed by atoms with Gasteiger partial charge < -0.3 is 27.5 Å².